The molecule has 0 spiro atoms. The summed E-state index contributed by atoms with van der Waals surface area (Å²) in [6.45, 7) is 5.28. The van der Waals surface area contributed by atoms with Crippen molar-refractivity contribution in [3.63, 3.8) is 0 Å². The molecule has 0 radical (unpaired) electrons. The smallest absolute Gasteiger partial charge is 0.221 e. The van der Waals surface area contributed by atoms with Crippen molar-refractivity contribution in [1.29, 1.82) is 0 Å². The molecule has 1 amide bonds. The monoisotopic (exact) mass is 294 g/mol. The Morgan fingerprint density at radius 1 is 1.43 bits per heavy atom. The average molecular weight is 294 g/mol. The first kappa shape index (κ1) is 17.5. The van der Waals surface area contributed by atoms with Crippen molar-refractivity contribution in [2.45, 2.75) is 51.0 Å². The molecule has 5 heteroatoms. The van der Waals surface area contributed by atoms with Gasteiger partial charge in [-0.1, -0.05) is 18.9 Å². The number of rotatable bonds is 8. The second kappa shape index (κ2) is 10.2. The van der Waals surface area contributed by atoms with Crippen molar-refractivity contribution < 1.29 is 4.79 Å². The number of unbranched alkanes of at least 4 members (excludes halogenated alkanes) is 1. The van der Waals surface area contributed by atoms with Crippen molar-refractivity contribution in [2.75, 3.05) is 27.2 Å². The molecule has 0 aromatic rings. The van der Waals surface area contributed by atoms with E-state index >= 15 is 0 Å². The summed E-state index contributed by atoms with van der Waals surface area (Å²) in [4.78, 5) is 18.2. The highest BCUT2D eigenvalue weighted by Crippen LogP contribution is 2.17. The van der Waals surface area contributed by atoms with Crippen LogP contribution in [0.2, 0.25) is 0 Å². The van der Waals surface area contributed by atoms with E-state index in [4.69, 9.17) is 0 Å². The van der Waals surface area contributed by atoms with Crippen LogP contribution in [0.5, 0.6) is 0 Å². The molecule has 2 N–H and O–H groups in total. The summed E-state index contributed by atoms with van der Waals surface area (Å²) in [5.41, 5.74) is 0. The fourth-order valence-corrected chi connectivity index (χ4v) is 2.62. The number of nitrogens with one attached hydrogen (secondary N) is 2. The van der Waals surface area contributed by atoms with Crippen molar-refractivity contribution in [3.8, 4) is 0 Å². The molecule has 0 atom stereocenters. The predicted octanol–water partition coefficient (Wildman–Crippen LogP) is 1.91. The van der Waals surface area contributed by atoms with Gasteiger partial charge in [-0.2, -0.15) is 0 Å². The highest BCUT2D eigenvalue weighted by atomic mass is 16.1. The van der Waals surface area contributed by atoms with Crippen LogP contribution in [0.1, 0.15) is 44.9 Å². The number of aliphatic imine (C=N–C) groups is 1. The lowest BCUT2D eigenvalue weighted by atomic mass is 10.2. The van der Waals surface area contributed by atoms with Crippen molar-refractivity contribution >= 4 is 11.9 Å². The number of hydrogen-bond acceptors (Lipinski definition) is 2. The van der Waals surface area contributed by atoms with Crippen LogP contribution < -0.4 is 10.6 Å². The van der Waals surface area contributed by atoms with Crippen LogP contribution in [-0.2, 0) is 4.79 Å². The predicted molar refractivity (Wildman–Crippen MR) is 88.4 cm³/mol. The van der Waals surface area contributed by atoms with Gasteiger partial charge in [-0.15, -0.1) is 6.58 Å². The molecule has 1 aliphatic carbocycles. The average Bonchev–Trinajstić information content (AvgIpc) is 2.96. The lowest BCUT2D eigenvalue weighted by Gasteiger charge is -2.22. The Kier molecular flexibility index (Phi) is 8.55. The Bertz CT molecular complexity index is 348. The van der Waals surface area contributed by atoms with E-state index in [1.807, 2.05) is 13.1 Å². The Hall–Kier alpha value is -1.52. The summed E-state index contributed by atoms with van der Waals surface area (Å²) in [6, 6.07) is 0.401. The third-order valence-corrected chi connectivity index (χ3v) is 3.83. The molecule has 0 saturated heterocycles. The Morgan fingerprint density at radius 3 is 2.76 bits per heavy atom. The van der Waals surface area contributed by atoms with Gasteiger partial charge < -0.3 is 15.5 Å². The van der Waals surface area contributed by atoms with Crippen LogP contribution in [0.15, 0.2) is 17.6 Å². The maximum atomic E-state index is 11.8. The summed E-state index contributed by atoms with van der Waals surface area (Å²) in [5.74, 6) is 0.979. The topological polar surface area (TPSA) is 56.7 Å². The fraction of sp³-hybridized carbons (Fsp3) is 0.750. The number of hydrogen-bond donors (Lipinski definition) is 2. The zero-order chi connectivity index (χ0) is 15.5. The van der Waals surface area contributed by atoms with Gasteiger partial charge in [0.2, 0.25) is 5.91 Å². The van der Waals surface area contributed by atoms with E-state index in [1.165, 1.54) is 12.8 Å². The molecule has 0 heterocycles. The van der Waals surface area contributed by atoms with Crippen molar-refractivity contribution in [1.82, 2.24) is 15.5 Å². The maximum Gasteiger partial charge on any atom is 0.221 e. The van der Waals surface area contributed by atoms with Crippen LogP contribution in [0.3, 0.4) is 0 Å². The van der Waals surface area contributed by atoms with E-state index < -0.39 is 0 Å². The zero-order valence-electron chi connectivity index (χ0n) is 13.5. The molecule has 0 aliphatic heterocycles. The standard InChI is InChI=1S/C16H30N4O/c1-4-5-8-13-20(3)16(17-2)18-12-11-15(21)19-14-9-6-7-10-14/h4,14H,1,5-13H2,2-3H3,(H,17,18)(H,19,21). The molecule has 1 fully saturated rings. The molecule has 120 valence electrons. The second-order valence-corrected chi connectivity index (χ2v) is 5.63. The minimum absolute atomic E-state index is 0.138. The number of allylic oxidation sites excluding steroid dienone is 1. The van der Waals surface area contributed by atoms with Gasteiger partial charge in [0.05, 0.1) is 0 Å². The summed E-state index contributed by atoms with van der Waals surface area (Å²) in [7, 11) is 3.78. The first-order valence-corrected chi connectivity index (χ1v) is 7.99. The normalized spacial score (nSPS) is 15.8. The van der Waals surface area contributed by atoms with Crippen molar-refractivity contribution in [3.05, 3.63) is 12.7 Å². The van der Waals surface area contributed by atoms with E-state index in [2.05, 4.69) is 27.1 Å². The molecular weight excluding hydrogens is 264 g/mol. The van der Waals surface area contributed by atoms with Gasteiger partial charge in [0, 0.05) is 39.6 Å². The lowest BCUT2D eigenvalue weighted by molar-refractivity contribution is -0.121. The minimum atomic E-state index is 0.138. The van der Waals surface area contributed by atoms with Gasteiger partial charge in [-0.05, 0) is 25.7 Å². The highest BCUT2D eigenvalue weighted by Gasteiger charge is 2.16. The fourth-order valence-electron chi connectivity index (χ4n) is 2.62. The van der Waals surface area contributed by atoms with Gasteiger partial charge in [0.25, 0.3) is 0 Å². The zero-order valence-corrected chi connectivity index (χ0v) is 13.5. The van der Waals surface area contributed by atoms with E-state index in [1.54, 1.807) is 7.05 Å². The van der Waals surface area contributed by atoms with Crippen LogP contribution in [-0.4, -0.2) is 50.0 Å². The summed E-state index contributed by atoms with van der Waals surface area (Å²) in [6.07, 6.45) is 9.23. The van der Waals surface area contributed by atoms with Gasteiger partial charge in [-0.3, -0.25) is 9.79 Å². The molecule has 0 aromatic heterocycles. The molecule has 1 aliphatic rings. The SMILES string of the molecule is C=CCCCN(C)C(=NC)NCCC(=O)NC1CCCC1. The number of carbonyl (C=O) groups excluding carboxylic acids is 1. The first-order chi connectivity index (χ1) is 10.2. The van der Waals surface area contributed by atoms with Crippen LogP contribution in [0.4, 0.5) is 0 Å². The third kappa shape index (κ3) is 7.16. The molecule has 0 unspecified atom stereocenters. The molecular formula is C16H30N4O. The van der Waals surface area contributed by atoms with E-state index in [0.717, 1.165) is 38.2 Å². The number of amides is 1. The van der Waals surface area contributed by atoms with Gasteiger partial charge in [-0.25, -0.2) is 0 Å². The number of guanidine groups is 1. The third-order valence-electron chi connectivity index (χ3n) is 3.83. The second-order valence-electron chi connectivity index (χ2n) is 5.63. The summed E-state index contributed by atoms with van der Waals surface area (Å²) in [5, 5.41) is 6.34. The van der Waals surface area contributed by atoms with Crippen LogP contribution in [0.25, 0.3) is 0 Å². The Morgan fingerprint density at radius 2 is 2.14 bits per heavy atom. The van der Waals surface area contributed by atoms with E-state index in [9.17, 15) is 4.79 Å². The number of nitrogens with zero attached hydrogens (tertiary/aromatic N) is 2. The minimum Gasteiger partial charge on any atom is -0.356 e. The summed E-state index contributed by atoms with van der Waals surface area (Å²) < 4.78 is 0. The Labute approximate surface area is 128 Å². The van der Waals surface area contributed by atoms with E-state index in [-0.39, 0.29) is 5.91 Å². The van der Waals surface area contributed by atoms with Crippen LogP contribution in [0, 0.1) is 0 Å². The lowest BCUT2D eigenvalue weighted by Crippen LogP contribution is -2.41. The number of carbonyl (C=O) groups is 1. The molecule has 21 heavy (non-hydrogen) atoms. The van der Waals surface area contributed by atoms with Crippen molar-refractivity contribution in [2.24, 2.45) is 4.99 Å². The Balaban J connectivity index is 2.18. The van der Waals surface area contributed by atoms with Gasteiger partial charge in [0.15, 0.2) is 5.96 Å². The highest BCUT2D eigenvalue weighted by molar-refractivity contribution is 5.81. The van der Waals surface area contributed by atoms with Gasteiger partial charge in [0.1, 0.15) is 0 Å². The molecule has 0 bridgehead atoms. The van der Waals surface area contributed by atoms with Gasteiger partial charge >= 0.3 is 0 Å². The summed E-state index contributed by atoms with van der Waals surface area (Å²) >= 11 is 0. The molecule has 5 nitrogen and oxygen atoms in total. The maximum absolute atomic E-state index is 11.8. The quantitative estimate of drug-likeness (QED) is 0.311. The largest absolute Gasteiger partial charge is 0.356 e. The van der Waals surface area contributed by atoms with Crippen LogP contribution >= 0.6 is 0 Å². The molecule has 1 saturated carbocycles. The van der Waals surface area contributed by atoms with E-state index in [0.29, 0.717) is 19.0 Å². The molecule has 0 aromatic carbocycles. The molecule has 1 rings (SSSR count). The first-order valence-electron chi connectivity index (χ1n) is 7.99.